The summed E-state index contributed by atoms with van der Waals surface area (Å²) in [6, 6.07) is 0.702. The van der Waals surface area contributed by atoms with E-state index < -0.39 is 0 Å². The normalized spacial score (nSPS) is 28.8. The minimum Gasteiger partial charge on any atom is -0.348 e. The number of piperidine rings is 1. The molecule has 4 rings (SSSR count). The molecule has 0 aromatic carbocycles. The van der Waals surface area contributed by atoms with Crippen LogP contribution in [-0.2, 0) is 4.79 Å². The first-order valence-corrected chi connectivity index (χ1v) is 10.0. The Bertz CT molecular complexity index is 655. The molecule has 3 fully saturated rings. The van der Waals surface area contributed by atoms with Crippen molar-refractivity contribution in [3.8, 4) is 0 Å². The van der Waals surface area contributed by atoms with E-state index in [0.29, 0.717) is 11.6 Å². The van der Waals surface area contributed by atoms with Crippen molar-refractivity contribution in [2.75, 3.05) is 0 Å². The Kier molecular flexibility index (Phi) is 4.92. The molecular weight excluding hydrogens is 328 g/mol. The van der Waals surface area contributed by atoms with E-state index in [9.17, 15) is 9.59 Å². The number of amides is 2. The van der Waals surface area contributed by atoms with Crippen LogP contribution < -0.4 is 5.32 Å². The van der Waals surface area contributed by atoms with E-state index in [4.69, 9.17) is 0 Å². The summed E-state index contributed by atoms with van der Waals surface area (Å²) in [5, 5.41) is 3.12. The van der Waals surface area contributed by atoms with Gasteiger partial charge in [0.1, 0.15) is 5.69 Å². The van der Waals surface area contributed by atoms with E-state index >= 15 is 0 Å². The second-order valence-electron chi connectivity index (χ2n) is 8.15. The van der Waals surface area contributed by atoms with Gasteiger partial charge in [-0.1, -0.05) is 19.3 Å². The van der Waals surface area contributed by atoms with Crippen LogP contribution in [0.2, 0.25) is 0 Å². The highest BCUT2D eigenvalue weighted by atomic mass is 16.2. The van der Waals surface area contributed by atoms with Gasteiger partial charge in [-0.3, -0.25) is 14.6 Å². The van der Waals surface area contributed by atoms with Gasteiger partial charge in [-0.25, -0.2) is 4.98 Å². The Balaban J connectivity index is 1.37. The van der Waals surface area contributed by atoms with E-state index in [1.54, 1.807) is 6.20 Å². The van der Waals surface area contributed by atoms with Crippen molar-refractivity contribution < 1.29 is 9.59 Å². The molecule has 3 aliphatic rings. The van der Waals surface area contributed by atoms with Gasteiger partial charge < -0.3 is 10.2 Å². The molecule has 0 radical (unpaired) electrons. The summed E-state index contributed by atoms with van der Waals surface area (Å²) >= 11 is 0. The standard InChI is InChI=1S/C20H28N4O2/c1-13-11-22-18(12-21-13)19(25)23-15-9-16-7-8-17(10-15)24(16)20(26)14-5-3-2-4-6-14/h11-12,14-17H,2-10H2,1H3,(H,23,25). The maximum absolute atomic E-state index is 13.0. The lowest BCUT2D eigenvalue weighted by Crippen LogP contribution is -2.54. The Hall–Kier alpha value is -1.98. The smallest absolute Gasteiger partial charge is 0.271 e. The Labute approximate surface area is 154 Å². The molecule has 1 aromatic heterocycles. The number of nitrogens with zero attached hydrogens (tertiary/aromatic N) is 3. The van der Waals surface area contributed by atoms with E-state index in [0.717, 1.165) is 44.2 Å². The Morgan fingerprint density at radius 3 is 2.31 bits per heavy atom. The van der Waals surface area contributed by atoms with Crippen LogP contribution in [0.3, 0.4) is 0 Å². The maximum Gasteiger partial charge on any atom is 0.271 e. The van der Waals surface area contributed by atoms with Gasteiger partial charge in [-0.15, -0.1) is 0 Å². The van der Waals surface area contributed by atoms with Crippen LogP contribution in [0.1, 0.15) is 74.0 Å². The summed E-state index contributed by atoms with van der Waals surface area (Å²) in [5.74, 6) is 0.459. The average Bonchev–Trinajstić information content (AvgIpc) is 2.93. The first kappa shape index (κ1) is 17.4. The summed E-state index contributed by atoms with van der Waals surface area (Å²) in [6.07, 6.45) is 12.8. The Morgan fingerprint density at radius 2 is 1.69 bits per heavy atom. The van der Waals surface area contributed by atoms with Crippen LogP contribution in [0.25, 0.3) is 0 Å². The van der Waals surface area contributed by atoms with Crippen LogP contribution in [0.5, 0.6) is 0 Å². The number of aryl methyl sites for hydroxylation is 1. The molecule has 1 saturated carbocycles. The molecule has 2 unspecified atom stereocenters. The van der Waals surface area contributed by atoms with E-state index in [1.165, 1.54) is 25.5 Å². The fourth-order valence-electron chi connectivity index (χ4n) is 4.98. The van der Waals surface area contributed by atoms with Crippen LogP contribution in [0.4, 0.5) is 0 Å². The summed E-state index contributed by atoms with van der Waals surface area (Å²) in [7, 11) is 0. The molecule has 26 heavy (non-hydrogen) atoms. The number of fused-ring (bicyclic) bond motifs is 2. The molecule has 1 aliphatic carbocycles. The number of aromatic nitrogens is 2. The van der Waals surface area contributed by atoms with Crippen molar-refractivity contribution in [1.29, 1.82) is 0 Å². The molecule has 0 spiro atoms. The summed E-state index contributed by atoms with van der Waals surface area (Å²) in [5.41, 5.74) is 1.16. The largest absolute Gasteiger partial charge is 0.348 e. The number of rotatable bonds is 3. The fraction of sp³-hybridized carbons (Fsp3) is 0.700. The average molecular weight is 356 g/mol. The minimum atomic E-state index is -0.158. The SMILES string of the molecule is Cc1cnc(C(=O)NC2CC3CCC(C2)N3C(=O)C2CCCCC2)cn1. The van der Waals surface area contributed by atoms with Crippen molar-refractivity contribution >= 4 is 11.8 Å². The molecule has 6 nitrogen and oxygen atoms in total. The minimum absolute atomic E-state index is 0.124. The van der Waals surface area contributed by atoms with Crippen LogP contribution >= 0.6 is 0 Å². The van der Waals surface area contributed by atoms with E-state index in [1.807, 2.05) is 6.92 Å². The van der Waals surface area contributed by atoms with E-state index in [2.05, 4.69) is 20.2 Å². The molecule has 2 bridgehead atoms. The van der Waals surface area contributed by atoms with Gasteiger partial charge in [-0.05, 0) is 45.4 Å². The topological polar surface area (TPSA) is 75.2 Å². The summed E-state index contributed by atoms with van der Waals surface area (Å²) in [6.45, 7) is 1.85. The van der Waals surface area contributed by atoms with Crippen molar-refractivity contribution in [3.05, 3.63) is 23.8 Å². The van der Waals surface area contributed by atoms with Crippen molar-refractivity contribution in [2.24, 2.45) is 5.92 Å². The third-order valence-corrected chi connectivity index (χ3v) is 6.29. The molecule has 6 heteroatoms. The van der Waals surface area contributed by atoms with Gasteiger partial charge in [0, 0.05) is 30.2 Å². The van der Waals surface area contributed by atoms with Gasteiger partial charge in [0.05, 0.1) is 11.9 Å². The van der Waals surface area contributed by atoms with Crippen LogP contribution in [-0.4, -0.2) is 44.8 Å². The molecule has 2 atom stereocenters. The van der Waals surface area contributed by atoms with Gasteiger partial charge in [0.2, 0.25) is 5.91 Å². The zero-order valence-corrected chi connectivity index (χ0v) is 15.5. The summed E-state index contributed by atoms with van der Waals surface area (Å²) < 4.78 is 0. The van der Waals surface area contributed by atoms with Gasteiger partial charge >= 0.3 is 0 Å². The van der Waals surface area contributed by atoms with E-state index in [-0.39, 0.29) is 30.0 Å². The van der Waals surface area contributed by atoms with Gasteiger partial charge in [-0.2, -0.15) is 0 Å². The monoisotopic (exact) mass is 356 g/mol. The van der Waals surface area contributed by atoms with Gasteiger partial charge in [0.15, 0.2) is 0 Å². The van der Waals surface area contributed by atoms with Crippen molar-refractivity contribution in [3.63, 3.8) is 0 Å². The zero-order chi connectivity index (χ0) is 18.1. The second kappa shape index (κ2) is 7.33. The first-order chi connectivity index (χ1) is 12.6. The molecule has 1 aromatic rings. The molecule has 1 N–H and O–H groups in total. The quantitative estimate of drug-likeness (QED) is 0.903. The maximum atomic E-state index is 13.0. The number of nitrogens with one attached hydrogen (secondary N) is 1. The van der Waals surface area contributed by atoms with Crippen LogP contribution in [0.15, 0.2) is 12.4 Å². The lowest BCUT2D eigenvalue weighted by Gasteiger charge is -2.41. The zero-order valence-electron chi connectivity index (χ0n) is 15.5. The van der Waals surface area contributed by atoms with Crippen LogP contribution in [0, 0.1) is 12.8 Å². The van der Waals surface area contributed by atoms with Gasteiger partial charge in [0.25, 0.3) is 5.91 Å². The molecule has 2 amide bonds. The molecule has 3 heterocycles. The molecule has 2 aliphatic heterocycles. The fourth-order valence-corrected chi connectivity index (χ4v) is 4.98. The van der Waals surface area contributed by atoms with Crippen molar-refractivity contribution in [2.45, 2.75) is 82.8 Å². The second-order valence-corrected chi connectivity index (χ2v) is 8.15. The number of carbonyl (C=O) groups excluding carboxylic acids is 2. The summed E-state index contributed by atoms with van der Waals surface area (Å²) in [4.78, 5) is 35.9. The van der Waals surface area contributed by atoms with Crippen molar-refractivity contribution in [1.82, 2.24) is 20.2 Å². The third-order valence-electron chi connectivity index (χ3n) is 6.29. The molecular formula is C20H28N4O2. The third kappa shape index (κ3) is 3.46. The predicted molar refractivity (Wildman–Crippen MR) is 97.5 cm³/mol. The highest BCUT2D eigenvalue weighted by molar-refractivity contribution is 5.92. The lowest BCUT2D eigenvalue weighted by molar-refractivity contribution is -0.141. The number of carbonyl (C=O) groups is 2. The highest BCUT2D eigenvalue weighted by Crippen LogP contribution is 2.38. The number of hydrogen-bond acceptors (Lipinski definition) is 4. The highest BCUT2D eigenvalue weighted by Gasteiger charge is 2.45. The first-order valence-electron chi connectivity index (χ1n) is 10.0. The number of hydrogen-bond donors (Lipinski definition) is 1. The lowest BCUT2D eigenvalue weighted by atomic mass is 9.86. The molecule has 2 saturated heterocycles. The molecule has 140 valence electrons. The Morgan fingerprint density at radius 1 is 1.00 bits per heavy atom. The predicted octanol–water partition coefficient (Wildman–Crippen LogP) is 2.62.